The molecule has 80 valence electrons. The van der Waals surface area contributed by atoms with Gasteiger partial charge in [0.2, 0.25) is 0 Å². The number of aromatic nitrogens is 2. The smallest absolute Gasteiger partial charge is 0.241 e. The van der Waals surface area contributed by atoms with Crippen molar-refractivity contribution in [1.29, 1.82) is 0 Å². The summed E-state index contributed by atoms with van der Waals surface area (Å²) in [6.45, 7) is 6.79. The van der Waals surface area contributed by atoms with Crippen molar-refractivity contribution in [1.82, 2.24) is 4.98 Å². The van der Waals surface area contributed by atoms with Crippen molar-refractivity contribution in [3.63, 3.8) is 0 Å². The first-order valence-corrected chi connectivity index (χ1v) is 5.43. The molecule has 0 saturated heterocycles. The van der Waals surface area contributed by atoms with E-state index >= 15 is 0 Å². The van der Waals surface area contributed by atoms with Crippen LogP contribution in [0.15, 0.2) is 24.3 Å². The Hall–Kier alpha value is -1.31. The highest BCUT2D eigenvalue weighted by molar-refractivity contribution is 5.70. The van der Waals surface area contributed by atoms with E-state index in [4.69, 9.17) is 0 Å². The van der Waals surface area contributed by atoms with E-state index in [1.165, 1.54) is 16.9 Å². The van der Waals surface area contributed by atoms with Crippen molar-refractivity contribution >= 4 is 11.0 Å². The molecule has 0 bridgehead atoms. The maximum atomic E-state index is 3.48. The number of benzene rings is 1. The molecule has 0 atom stereocenters. The Kier molecular flexibility index (Phi) is 2.29. The van der Waals surface area contributed by atoms with E-state index in [1.54, 1.807) is 0 Å². The summed E-state index contributed by atoms with van der Waals surface area (Å²) >= 11 is 0. The maximum absolute atomic E-state index is 3.48. The Balaban J connectivity index is 2.49. The third-order valence-corrected chi connectivity index (χ3v) is 2.65. The van der Waals surface area contributed by atoms with Crippen LogP contribution < -0.4 is 4.57 Å². The number of nitrogens with one attached hydrogen (secondary N) is 1. The first-order valence-electron chi connectivity index (χ1n) is 5.43. The molecular formula is C13H19N2+. The lowest BCUT2D eigenvalue weighted by Gasteiger charge is -2.14. The normalized spacial score (nSPS) is 12.3. The highest BCUT2D eigenvalue weighted by Crippen LogP contribution is 2.19. The fraction of sp³-hybridized carbons (Fsp3) is 0.462. The zero-order valence-electron chi connectivity index (χ0n) is 9.96. The zero-order chi connectivity index (χ0) is 11.1. The summed E-state index contributed by atoms with van der Waals surface area (Å²) in [5.74, 6) is 1.30. The molecule has 2 aromatic rings. The lowest BCUT2D eigenvalue weighted by atomic mass is 9.92. The number of fused-ring (bicyclic) bond motifs is 1. The SMILES string of the molecule is C[n+]1c(CC(C)(C)C)[nH]c2ccccc21. The molecule has 0 spiro atoms. The maximum Gasteiger partial charge on any atom is 0.255 e. The molecule has 1 heterocycles. The van der Waals surface area contributed by atoms with E-state index in [0.717, 1.165) is 6.42 Å². The van der Waals surface area contributed by atoms with Gasteiger partial charge in [0, 0.05) is 0 Å². The molecule has 0 unspecified atom stereocenters. The molecule has 2 nitrogen and oxygen atoms in total. The Morgan fingerprint density at radius 3 is 2.47 bits per heavy atom. The summed E-state index contributed by atoms with van der Waals surface area (Å²) in [5, 5.41) is 0. The van der Waals surface area contributed by atoms with Gasteiger partial charge in [0.1, 0.15) is 0 Å². The number of hydrogen-bond donors (Lipinski definition) is 1. The van der Waals surface area contributed by atoms with Gasteiger partial charge in [0.05, 0.1) is 13.5 Å². The third kappa shape index (κ3) is 2.04. The predicted octanol–water partition coefficient (Wildman–Crippen LogP) is 2.58. The van der Waals surface area contributed by atoms with E-state index < -0.39 is 0 Å². The molecule has 0 amide bonds. The minimum absolute atomic E-state index is 0.318. The minimum Gasteiger partial charge on any atom is -0.241 e. The number of nitrogens with zero attached hydrogens (tertiary/aromatic N) is 1. The van der Waals surface area contributed by atoms with Crippen LogP contribution in [0.5, 0.6) is 0 Å². The van der Waals surface area contributed by atoms with E-state index in [9.17, 15) is 0 Å². The summed E-state index contributed by atoms with van der Waals surface area (Å²) in [7, 11) is 2.12. The molecular weight excluding hydrogens is 184 g/mol. The summed E-state index contributed by atoms with van der Waals surface area (Å²) in [6.07, 6.45) is 1.07. The second-order valence-electron chi connectivity index (χ2n) is 5.39. The van der Waals surface area contributed by atoms with Crippen LogP contribution in [-0.2, 0) is 13.5 Å². The Morgan fingerprint density at radius 2 is 1.87 bits per heavy atom. The largest absolute Gasteiger partial charge is 0.255 e. The summed E-state index contributed by atoms with van der Waals surface area (Å²) in [4.78, 5) is 3.48. The van der Waals surface area contributed by atoms with Crippen molar-refractivity contribution < 1.29 is 4.57 Å². The Labute approximate surface area is 90.9 Å². The van der Waals surface area contributed by atoms with Gasteiger partial charge in [0.15, 0.2) is 11.0 Å². The van der Waals surface area contributed by atoms with Gasteiger partial charge in [-0.3, -0.25) is 0 Å². The van der Waals surface area contributed by atoms with Crippen LogP contribution in [0.1, 0.15) is 26.6 Å². The summed E-state index contributed by atoms with van der Waals surface area (Å²) < 4.78 is 2.25. The molecule has 0 saturated carbocycles. The van der Waals surface area contributed by atoms with Gasteiger partial charge in [0.25, 0.3) is 5.82 Å². The predicted molar refractivity (Wildman–Crippen MR) is 62.6 cm³/mol. The average molecular weight is 203 g/mol. The second kappa shape index (κ2) is 3.37. The van der Waals surface area contributed by atoms with Crippen LogP contribution in [0.2, 0.25) is 0 Å². The van der Waals surface area contributed by atoms with Crippen molar-refractivity contribution in [2.24, 2.45) is 12.5 Å². The molecule has 2 rings (SSSR count). The van der Waals surface area contributed by atoms with Gasteiger partial charge in [-0.1, -0.05) is 32.9 Å². The highest BCUT2D eigenvalue weighted by Gasteiger charge is 2.21. The standard InChI is InChI=1S/C13H18N2/c1-13(2,3)9-12-14-10-7-5-6-8-11(10)15(12)4/h5-8H,9H2,1-4H3/p+1. The fourth-order valence-corrected chi connectivity index (χ4v) is 1.92. The van der Waals surface area contributed by atoms with Gasteiger partial charge in [-0.15, -0.1) is 0 Å². The molecule has 0 aliphatic heterocycles. The molecule has 2 heteroatoms. The van der Waals surface area contributed by atoms with Crippen LogP contribution >= 0.6 is 0 Å². The number of aryl methyl sites for hydroxylation is 1. The van der Waals surface area contributed by atoms with Gasteiger partial charge in [-0.25, -0.2) is 9.55 Å². The van der Waals surface area contributed by atoms with E-state index in [2.05, 4.69) is 61.6 Å². The monoisotopic (exact) mass is 203 g/mol. The lowest BCUT2D eigenvalue weighted by molar-refractivity contribution is -0.653. The quantitative estimate of drug-likeness (QED) is 0.687. The first kappa shape index (κ1) is 10.2. The Morgan fingerprint density at radius 1 is 1.20 bits per heavy atom. The van der Waals surface area contributed by atoms with Crippen LogP contribution in [0.4, 0.5) is 0 Å². The molecule has 1 aromatic heterocycles. The minimum atomic E-state index is 0.318. The lowest BCUT2D eigenvalue weighted by Crippen LogP contribution is -2.33. The highest BCUT2D eigenvalue weighted by atomic mass is 15.1. The molecule has 15 heavy (non-hydrogen) atoms. The van der Waals surface area contributed by atoms with Gasteiger partial charge >= 0.3 is 0 Å². The molecule has 1 N–H and O–H groups in total. The fourth-order valence-electron chi connectivity index (χ4n) is 1.92. The summed E-state index contributed by atoms with van der Waals surface area (Å²) in [5.41, 5.74) is 2.81. The van der Waals surface area contributed by atoms with Crippen LogP contribution in [0.25, 0.3) is 11.0 Å². The molecule has 0 radical (unpaired) electrons. The first-order chi connectivity index (χ1) is 6.97. The second-order valence-corrected chi connectivity index (χ2v) is 5.39. The average Bonchev–Trinajstić information content (AvgIpc) is 2.42. The third-order valence-electron chi connectivity index (χ3n) is 2.65. The van der Waals surface area contributed by atoms with Crippen molar-refractivity contribution in [2.45, 2.75) is 27.2 Å². The van der Waals surface area contributed by atoms with Gasteiger partial charge in [-0.05, 0) is 17.5 Å². The van der Waals surface area contributed by atoms with Crippen LogP contribution in [-0.4, -0.2) is 4.98 Å². The van der Waals surface area contributed by atoms with Crippen LogP contribution in [0.3, 0.4) is 0 Å². The van der Waals surface area contributed by atoms with Gasteiger partial charge in [-0.2, -0.15) is 0 Å². The topological polar surface area (TPSA) is 19.7 Å². The number of hydrogen-bond acceptors (Lipinski definition) is 0. The molecule has 1 aromatic carbocycles. The van der Waals surface area contributed by atoms with Gasteiger partial charge < -0.3 is 0 Å². The zero-order valence-corrected chi connectivity index (χ0v) is 9.96. The number of rotatable bonds is 1. The van der Waals surface area contributed by atoms with Crippen molar-refractivity contribution in [3.8, 4) is 0 Å². The number of para-hydroxylation sites is 2. The van der Waals surface area contributed by atoms with Crippen LogP contribution in [0, 0.1) is 5.41 Å². The van der Waals surface area contributed by atoms with Crippen molar-refractivity contribution in [3.05, 3.63) is 30.1 Å². The number of aromatic amines is 1. The van der Waals surface area contributed by atoms with Crippen molar-refractivity contribution in [2.75, 3.05) is 0 Å². The number of imidazole rings is 1. The molecule has 0 aliphatic rings. The Bertz CT molecular complexity index is 475. The van der Waals surface area contributed by atoms with E-state index in [1.807, 2.05) is 0 Å². The molecule has 0 fully saturated rings. The number of H-pyrrole nitrogens is 1. The van der Waals surface area contributed by atoms with E-state index in [-0.39, 0.29) is 0 Å². The van der Waals surface area contributed by atoms with E-state index in [0.29, 0.717) is 5.41 Å². The molecule has 0 aliphatic carbocycles. The summed E-state index contributed by atoms with van der Waals surface area (Å²) in [6, 6.07) is 8.43.